The van der Waals surface area contributed by atoms with Crippen molar-refractivity contribution in [1.29, 1.82) is 0 Å². The van der Waals surface area contributed by atoms with Gasteiger partial charge in [0.05, 0.1) is 28.9 Å². The molecule has 6 heteroatoms. The first-order valence-electron chi connectivity index (χ1n) is 11.0. The van der Waals surface area contributed by atoms with E-state index < -0.39 is 11.8 Å². The van der Waals surface area contributed by atoms with Crippen LogP contribution >= 0.6 is 0 Å². The van der Waals surface area contributed by atoms with Gasteiger partial charge in [0.15, 0.2) is 0 Å². The number of rotatable bonds is 3. The number of carbonyl (C=O) groups excluding carboxylic acids is 2. The molecule has 2 aliphatic rings. The number of nitrogens with zero attached hydrogens (tertiary/aromatic N) is 3. The van der Waals surface area contributed by atoms with E-state index in [1.807, 2.05) is 78.9 Å². The van der Waals surface area contributed by atoms with Crippen LogP contribution in [0, 0.1) is 11.8 Å². The molecule has 1 aromatic heterocycles. The number of aromatic nitrogens is 2. The third-order valence-electron chi connectivity index (χ3n) is 6.69. The predicted molar refractivity (Wildman–Crippen MR) is 125 cm³/mol. The first kappa shape index (κ1) is 19.5. The van der Waals surface area contributed by atoms with Crippen LogP contribution in [0.1, 0.15) is 11.4 Å². The highest BCUT2D eigenvalue weighted by Gasteiger charge is 2.51. The van der Waals surface area contributed by atoms with E-state index in [9.17, 15) is 14.4 Å². The van der Waals surface area contributed by atoms with Gasteiger partial charge in [-0.25, -0.2) is 4.79 Å². The van der Waals surface area contributed by atoms with E-state index in [-0.39, 0.29) is 17.5 Å². The van der Waals surface area contributed by atoms with E-state index >= 15 is 0 Å². The number of hydrogen-bond acceptors (Lipinski definition) is 3. The molecule has 2 amide bonds. The van der Waals surface area contributed by atoms with Crippen molar-refractivity contribution in [3.05, 3.63) is 113 Å². The second kappa shape index (κ2) is 7.45. The molecule has 6 nitrogen and oxygen atoms in total. The molecule has 2 unspecified atom stereocenters. The number of fused-ring (bicyclic) bond motifs is 2. The van der Waals surface area contributed by atoms with Gasteiger partial charge in [0.1, 0.15) is 0 Å². The maximum absolute atomic E-state index is 13.7. The summed E-state index contributed by atoms with van der Waals surface area (Å²) in [4.78, 5) is 41.8. The molecule has 4 aromatic rings. The summed E-state index contributed by atoms with van der Waals surface area (Å²) in [6, 6.07) is 28.0. The SMILES string of the molecule is O=C1C2Cc3c(n(-c4ccccc4)c(=O)n3-c3ccccc3)CC2C(=O)N1c1ccccc1. The van der Waals surface area contributed by atoms with Crippen molar-refractivity contribution in [2.24, 2.45) is 11.8 Å². The van der Waals surface area contributed by atoms with Gasteiger partial charge in [-0.1, -0.05) is 54.6 Å². The average molecular weight is 435 g/mol. The highest BCUT2D eigenvalue weighted by atomic mass is 16.2. The molecule has 162 valence electrons. The van der Waals surface area contributed by atoms with E-state index in [1.165, 1.54) is 4.90 Å². The number of anilines is 1. The Morgan fingerprint density at radius 1 is 0.515 bits per heavy atom. The Labute approximate surface area is 190 Å². The second-order valence-electron chi connectivity index (χ2n) is 8.49. The lowest BCUT2D eigenvalue weighted by molar-refractivity contribution is -0.122. The maximum Gasteiger partial charge on any atom is 0.337 e. The number of para-hydroxylation sites is 3. The molecule has 1 aliphatic heterocycles. The first-order chi connectivity index (χ1) is 16.1. The molecule has 33 heavy (non-hydrogen) atoms. The van der Waals surface area contributed by atoms with E-state index in [1.54, 1.807) is 21.3 Å². The summed E-state index contributed by atoms with van der Waals surface area (Å²) in [5, 5.41) is 0. The van der Waals surface area contributed by atoms with Gasteiger partial charge in [0.2, 0.25) is 11.8 Å². The van der Waals surface area contributed by atoms with E-state index in [4.69, 9.17) is 0 Å². The molecule has 0 bridgehead atoms. The molecular weight excluding hydrogens is 414 g/mol. The molecule has 0 spiro atoms. The predicted octanol–water partition coefficient (Wildman–Crippen LogP) is 3.53. The Balaban J connectivity index is 1.52. The number of imidazole rings is 1. The van der Waals surface area contributed by atoms with Gasteiger partial charge in [-0.3, -0.25) is 23.6 Å². The summed E-state index contributed by atoms with van der Waals surface area (Å²) in [5.41, 5.74) is 3.52. The molecule has 3 aromatic carbocycles. The van der Waals surface area contributed by atoms with Gasteiger partial charge in [0, 0.05) is 24.2 Å². The summed E-state index contributed by atoms with van der Waals surface area (Å²) in [7, 11) is 0. The molecule has 1 saturated heterocycles. The summed E-state index contributed by atoms with van der Waals surface area (Å²) in [6.45, 7) is 0. The zero-order valence-corrected chi connectivity index (χ0v) is 17.8. The van der Waals surface area contributed by atoms with Crippen LogP contribution < -0.4 is 10.6 Å². The molecule has 1 fully saturated rings. The fraction of sp³-hybridized carbons (Fsp3) is 0.148. The van der Waals surface area contributed by atoms with Crippen molar-refractivity contribution < 1.29 is 9.59 Å². The third kappa shape index (κ3) is 2.91. The fourth-order valence-electron chi connectivity index (χ4n) is 5.19. The first-order valence-corrected chi connectivity index (χ1v) is 11.0. The minimum absolute atomic E-state index is 0.183. The van der Waals surface area contributed by atoms with Crippen LogP contribution in [-0.4, -0.2) is 20.9 Å². The van der Waals surface area contributed by atoms with Crippen LogP contribution in [0.15, 0.2) is 95.8 Å². The molecule has 6 rings (SSSR count). The number of benzene rings is 3. The highest BCUT2D eigenvalue weighted by Crippen LogP contribution is 2.40. The highest BCUT2D eigenvalue weighted by molar-refractivity contribution is 6.22. The maximum atomic E-state index is 13.7. The van der Waals surface area contributed by atoms with Gasteiger partial charge < -0.3 is 0 Å². The molecule has 0 N–H and O–H groups in total. The van der Waals surface area contributed by atoms with Crippen molar-refractivity contribution >= 4 is 17.5 Å². The van der Waals surface area contributed by atoms with Gasteiger partial charge in [-0.05, 0) is 36.4 Å². The average Bonchev–Trinajstić information content (AvgIpc) is 3.28. The Hall–Kier alpha value is -4.19. The van der Waals surface area contributed by atoms with Crippen LogP contribution in [0.3, 0.4) is 0 Å². The zero-order chi connectivity index (χ0) is 22.5. The number of carbonyl (C=O) groups is 2. The van der Waals surface area contributed by atoms with Crippen LogP contribution in [0.2, 0.25) is 0 Å². The Kier molecular flexibility index (Phi) is 4.40. The van der Waals surface area contributed by atoms with Crippen molar-refractivity contribution in [3.63, 3.8) is 0 Å². The quantitative estimate of drug-likeness (QED) is 0.463. The second-order valence-corrected chi connectivity index (χ2v) is 8.49. The standard InChI is InChI=1S/C27H21N3O3/c31-25-21-16-23-24(17-22(21)26(32)30(25)20-14-8-3-9-15-20)29(19-12-6-2-7-13-19)27(33)28(23)18-10-4-1-5-11-18/h1-15,21-22H,16-17H2. The Bertz CT molecular complexity index is 1330. The lowest BCUT2D eigenvalue weighted by atomic mass is 9.81. The topological polar surface area (TPSA) is 64.3 Å². The minimum Gasteiger partial charge on any atom is -0.274 e. The summed E-state index contributed by atoms with van der Waals surface area (Å²) < 4.78 is 3.39. The molecule has 2 atom stereocenters. The largest absolute Gasteiger partial charge is 0.337 e. The van der Waals surface area contributed by atoms with Crippen LogP contribution in [-0.2, 0) is 22.4 Å². The Morgan fingerprint density at radius 2 is 0.879 bits per heavy atom. The molecule has 0 saturated carbocycles. The van der Waals surface area contributed by atoms with Crippen molar-refractivity contribution in [2.75, 3.05) is 4.90 Å². The van der Waals surface area contributed by atoms with Crippen LogP contribution in [0.5, 0.6) is 0 Å². The number of hydrogen-bond donors (Lipinski definition) is 0. The number of amides is 2. The minimum atomic E-state index is -0.480. The van der Waals surface area contributed by atoms with Gasteiger partial charge in [0.25, 0.3) is 0 Å². The fourth-order valence-corrected chi connectivity index (χ4v) is 5.19. The van der Waals surface area contributed by atoms with Crippen molar-refractivity contribution in [3.8, 4) is 11.4 Å². The van der Waals surface area contributed by atoms with Gasteiger partial charge >= 0.3 is 5.69 Å². The van der Waals surface area contributed by atoms with Crippen molar-refractivity contribution in [2.45, 2.75) is 12.8 Å². The summed E-state index contributed by atoms with van der Waals surface area (Å²) in [5.74, 6) is -1.35. The summed E-state index contributed by atoms with van der Waals surface area (Å²) in [6.07, 6.45) is 0.690. The van der Waals surface area contributed by atoms with Gasteiger partial charge in [-0.2, -0.15) is 0 Å². The van der Waals surface area contributed by atoms with E-state index in [0.29, 0.717) is 18.5 Å². The van der Waals surface area contributed by atoms with E-state index in [2.05, 4.69) is 0 Å². The lowest BCUT2D eigenvalue weighted by Gasteiger charge is -2.23. The van der Waals surface area contributed by atoms with Crippen LogP contribution in [0.4, 0.5) is 5.69 Å². The van der Waals surface area contributed by atoms with Gasteiger partial charge in [-0.15, -0.1) is 0 Å². The monoisotopic (exact) mass is 435 g/mol. The summed E-state index contributed by atoms with van der Waals surface area (Å²) >= 11 is 0. The molecule has 0 radical (unpaired) electrons. The lowest BCUT2D eigenvalue weighted by Crippen LogP contribution is -2.31. The van der Waals surface area contributed by atoms with Crippen molar-refractivity contribution in [1.82, 2.24) is 9.13 Å². The third-order valence-corrected chi connectivity index (χ3v) is 6.69. The Morgan fingerprint density at radius 3 is 1.27 bits per heavy atom. The van der Waals surface area contributed by atoms with E-state index in [0.717, 1.165) is 22.8 Å². The smallest absolute Gasteiger partial charge is 0.274 e. The molecular formula is C27H21N3O3. The number of imide groups is 1. The zero-order valence-electron chi connectivity index (χ0n) is 17.8. The van der Waals surface area contributed by atoms with Crippen LogP contribution in [0.25, 0.3) is 11.4 Å². The molecule has 2 heterocycles. The normalized spacial score (nSPS) is 19.5. The molecule has 1 aliphatic carbocycles.